The highest BCUT2D eigenvalue weighted by Crippen LogP contribution is 2.23. The van der Waals surface area contributed by atoms with Crippen molar-refractivity contribution in [3.8, 4) is 0 Å². The molecule has 2 N–H and O–H groups in total. The van der Waals surface area contributed by atoms with Gasteiger partial charge in [-0.2, -0.15) is 5.10 Å². The fraction of sp³-hybridized carbons (Fsp3) is 0.556. The van der Waals surface area contributed by atoms with Gasteiger partial charge in [0.2, 0.25) is 11.9 Å². The van der Waals surface area contributed by atoms with Crippen LogP contribution in [0.4, 0.5) is 5.95 Å². The Morgan fingerprint density at radius 2 is 2.12 bits per heavy atom. The Morgan fingerprint density at radius 1 is 1.35 bits per heavy atom. The molecule has 0 radical (unpaired) electrons. The van der Waals surface area contributed by atoms with Crippen molar-refractivity contribution in [1.82, 2.24) is 25.1 Å². The summed E-state index contributed by atoms with van der Waals surface area (Å²) in [4.78, 5) is 22.4. The fourth-order valence-electron chi connectivity index (χ4n) is 3.27. The maximum atomic E-state index is 12.1. The van der Waals surface area contributed by atoms with Crippen molar-refractivity contribution in [2.45, 2.75) is 45.3 Å². The molecular weight excluding hydrogens is 332 g/mol. The van der Waals surface area contributed by atoms with Gasteiger partial charge >= 0.3 is 0 Å². The average molecular weight is 358 g/mol. The van der Waals surface area contributed by atoms with Gasteiger partial charge in [-0.25, -0.2) is 9.97 Å². The van der Waals surface area contributed by atoms with Gasteiger partial charge in [-0.05, 0) is 38.8 Å². The maximum Gasteiger partial charge on any atom is 0.225 e. The molecule has 1 aliphatic rings. The van der Waals surface area contributed by atoms with Gasteiger partial charge in [0.05, 0.1) is 12.2 Å². The summed E-state index contributed by atoms with van der Waals surface area (Å²) in [7, 11) is 0. The van der Waals surface area contributed by atoms with Gasteiger partial charge in [-0.15, -0.1) is 0 Å². The number of aliphatic hydroxyl groups is 1. The first-order valence-corrected chi connectivity index (χ1v) is 8.97. The number of amides is 1. The first-order valence-electron chi connectivity index (χ1n) is 8.97. The number of β-amino-alcohol motifs (C(OH)–C–C–N with tert-alkyl or cyclic N) is 1. The highest BCUT2D eigenvalue weighted by atomic mass is 16.3. The summed E-state index contributed by atoms with van der Waals surface area (Å²) >= 11 is 0. The molecule has 0 bridgehead atoms. The number of aromatic nitrogens is 4. The van der Waals surface area contributed by atoms with E-state index in [1.54, 1.807) is 18.5 Å². The third-order valence-corrected chi connectivity index (χ3v) is 4.66. The lowest BCUT2D eigenvalue weighted by atomic mass is 10.0. The van der Waals surface area contributed by atoms with E-state index in [-0.39, 0.29) is 12.5 Å². The Hall–Kier alpha value is -2.48. The number of anilines is 1. The van der Waals surface area contributed by atoms with E-state index in [0.717, 1.165) is 24.4 Å². The molecule has 8 nitrogen and oxygen atoms in total. The van der Waals surface area contributed by atoms with Gasteiger partial charge in [0, 0.05) is 44.1 Å². The molecule has 2 aromatic rings. The lowest BCUT2D eigenvalue weighted by Crippen LogP contribution is -2.45. The van der Waals surface area contributed by atoms with Crippen molar-refractivity contribution >= 4 is 11.9 Å². The minimum atomic E-state index is -0.940. The minimum absolute atomic E-state index is 0.0469. The van der Waals surface area contributed by atoms with Crippen LogP contribution in [0.5, 0.6) is 0 Å². The van der Waals surface area contributed by atoms with Crippen LogP contribution in [0, 0.1) is 13.8 Å². The van der Waals surface area contributed by atoms with E-state index in [4.69, 9.17) is 0 Å². The quantitative estimate of drug-likeness (QED) is 0.761. The summed E-state index contributed by atoms with van der Waals surface area (Å²) in [5.74, 6) is 0.564. The summed E-state index contributed by atoms with van der Waals surface area (Å²) in [5.41, 5.74) is 1.15. The predicted molar refractivity (Wildman–Crippen MR) is 97.8 cm³/mol. The van der Waals surface area contributed by atoms with Crippen LogP contribution in [0.15, 0.2) is 24.5 Å². The summed E-state index contributed by atoms with van der Waals surface area (Å²) in [6, 6.07) is 3.79. The second-order valence-electron chi connectivity index (χ2n) is 6.98. The van der Waals surface area contributed by atoms with Gasteiger partial charge in [0.15, 0.2) is 0 Å². The molecule has 140 valence electrons. The van der Waals surface area contributed by atoms with Gasteiger partial charge < -0.3 is 15.3 Å². The number of hydrogen-bond acceptors (Lipinski definition) is 6. The number of nitrogens with zero attached hydrogens (tertiary/aromatic N) is 5. The molecule has 1 amide bonds. The van der Waals surface area contributed by atoms with Crippen molar-refractivity contribution in [3.05, 3.63) is 35.9 Å². The number of carbonyl (C=O) groups is 1. The SMILES string of the molecule is Cc1cc(C)n(CCCC(=O)NC[C@@]2(O)CCN(c3ncccn3)C2)n1. The predicted octanol–water partition coefficient (Wildman–Crippen LogP) is 0.828. The van der Waals surface area contributed by atoms with Crippen LogP contribution in [-0.4, -0.2) is 56.0 Å². The average Bonchev–Trinajstić information content (AvgIpc) is 3.17. The van der Waals surface area contributed by atoms with E-state index < -0.39 is 5.60 Å². The van der Waals surface area contributed by atoms with E-state index in [2.05, 4.69) is 20.4 Å². The molecule has 3 rings (SSSR count). The largest absolute Gasteiger partial charge is 0.386 e. The van der Waals surface area contributed by atoms with Crippen LogP contribution in [0.2, 0.25) is 0 Å². The minimum Gasteiger partial charge on any atom is -0.386 e. The highest BCUT2D eigenvalue weighted by Gasteiger charge is 2.37. The van der Waals surface area contributed by atoms with Crippen molar-refractivity contribution in [2.24, 2.45) is 0 Å². The van der Waals surface area contributed by atoms with Crippen LogP contribution in [0.25, 0.3) is 0 Å². The molecule has 26 heavy (non-hydrogen) atoms. The molecular formula is C18H26N6O2. The summed E-state index contributed by atoms with van der Waals surface area (Å²) in [5, 5.41) is 17.9. The smallest absolute Gasteiger partial charge is 0.225 e. The lowest BCUT2D eigenvalue weighted by molar-refractivity contribution is -0.122. The first kappa shape index (κ1) is 18.3. The maximum absolute atomic E-state index is 12.1. The standard InChI is InChI=1S/C18H26N6O2/c1-14-11-15(2)24(22-14)9-3-5-16(25)21-12-18(26)6-10-23(13-18)17-19-7-4-8-20-17/h4,7-8,11,26H,3,5-6,9-10,12-13H2,1-2H3,(H,21,25)/t18-/m0/s1. The van der Waals surface area contributed by atoms with Crippen LogP contribution in [-0.2, 0) is 11.3 Å². The summed E-state index contributed by atoms with van der Waals surface area (Å²) in [6.07, 6.45) is 5.09. The fourth-order valence-corrected chi connectivity index (χ4v) is 3.27. The third-order valence-electron chi connectivity index (χ3n) is 4.66. The van der Waals surface area contributed by atoms with Crippen molar-refractivity contribution in [2.75, 3.05) is 24.5 Å². The first-order chi connectivity index (χ1) is 12.5. The van der Waals surface area contributed by atoms with Crippen molar-refractivity contribution in [1.29, 1.82) is 0 Å². The molecule has 1 fully saturated rings. The topological polar surface area (TPSA) is 96.2 Å². The Morgan fingerprint density at radius 3 is 2.81 bits per heavy atom. The zero-order chi connectivity index (χ0) is 18.6. The van der Waals surface area contributed by atoms with Gasteiger partial charge in [0.1, 0.15) is 5.60 Å². The Kier molecular flexibility index (Phi) is 5.51. The number of nitrogens with one attached hydrogen (secondary N) is 1. The van der Waals surface area contributed by atoms with E-state index in [0.29, 0.717) is 31.9 Å². The second-order valence-corrected chi connectivity index (χ2v) is 6.98. The van der Waals surface area contributed by atoms with Gasteiger partial charge in [0.25, 0.3) is 0 Å². The Balaban J connectivity index is 1.41. The van der Waals surface area contributed by atoms with E-state index in [9.17, 15) is 9.90 Å². The Bertz CT molecular complexity index is 747. The molecule has 8 heteroatoms. The summed E-state index contributed by atoms with van der Waals surface area (Å²) in [6.45, 7) is 6.03. The molecule has 1 aliphatic heterocycles. The van der Waals surface area contributed by atoms with Crippen LogP contribution in [0.1, 0.15) is 30.7 Å². The monoisotopic (exact) mass is 358 g/mol. The highest BCUT2D eigenvalue weighted by molar-refractivity contribution is 5.75. The molecule has 1 saturated heterocycles. The van der Waals surface area contributed by atoms with Crippen LogP contribution >= 0.6 is 0 Å². The summed E-state index contributed by atoms with van der Waals surface area (Å²) < 4.78 is 1.92. The molecule has 0 unspecified atom stereocenters. The lowest BCUT2D eigenvalue weighted by Gasteiger charge is -2.23. The molecule has 0 aliphatic carbocycles. The van der Waals surface area contributed by atoms with Crippen LogP contribution < -0.4 is 10.2 Å². The number of carbonyl (C=O) groups excluding carboxylic acids is 1. The zero-order valence-electron chi connectivity index (χ0n) is 15.4. The zero-order valence-corrected chi connectivity index (χ0v) is 15.4. The van der Waals surface area contributed by atoms with Gasteiger partial charge in [-0.1, -0.05) is 0 Å². The molecule has 0 spiro atoms. The normalized spacial score (nSPS) is 19.7. The number of rotatable bonds is 7. The molecule has 0 aromatic carbocycles. The van der Waals surface area contributed by atoms with Gasteiger partial charge in [-0.3, -0.25) is 9.48 Å². The molecule has 2 aromatic heterocycles. The van der Waals surface area contributed by atoms with Crippen LogP contribution in [0.3, 0.4) is 0 Å². The third kappa shape index (κ3) is 4.57. The molecule has 1 atom stereocenters. The Labute approximate surface area is 153 Å². The van der Waals surface area contributed by atoms with Crippen molar-refractivity contribution in [3.63, 3.8) is 0 Å². The molecule has 0 saturated carbocycles. The molecule has 3 heterocycles. The van der Waals surface area contributed by atoms with E-state index in [1.165, 1.54) is 0 Å². The van der Waals surface area contributed by atoms with E-state index >= 15 is 0 Å². The van der Waals surface area contributed by atoms with E-state index in [1.807, 2.05) is 29.5 Å². The number of hydrogen-bond donors (Lipinski definition) is 2. The number of aryl methyl sites for hydroxylation is 3. The van der Waals surface area contributed by atoms with Crippen molar-refractivity contribution < 1.29 is 9.90 Å². The second kappa shape index (κ2) is 7.82.